The molecule has 2 rings (SSSR count). The van der Waals surface area contributed by atoms with Crippen LogP contribution in [0.2, 0.25) is 0 Å². The third-order valence-corrected chi connectivity index (χ3v) is 4.51. The van der Waals surface area contributed by atoms with Crippen molar-refractivity contribution in [1.29, 1.82) is 0 Å². The van der Waals surface area contributed by atoms with E-state index >= 15 is 0 Å². The van der Waals surface area contributed by atoms with Crippen molar-refractivity contribution in [2.75, 3.05) is 26.7 Å². The summed E-state index contributed by atoms with van der Waals surface area (Å²) in [5.74, 6) is 0.996. The summed E-state index contributed by atoms with van der Waals surface area (Å²) in [7, 11) is 1.84. The second kappa shape index (κ2) is 8.13. The average Bonchev–Trinajstić information content (AvgIpc) is 2.91. The highest BCUT2D eigenvalue weighted by Gasteiger charge is 2.30. The fourth-order valence-electron chi connectivity index (χ4n) is 3.06. The molecular formula is C18H28N4O2. The molecule has 1 aromatic rings. The molecule has 1 fully saturated rings. The number of nitro groups is 1. The minimum Gasteiger partial charge on any atom is -0.356 e. The van der Waals surface area contributed by atoms with Gasteiger partial charge in [-0.2, -0.15) is 0 Å². The maximum Gasteiger partial charge on any atom is 0.269 e. The molecule has 0 atom stereocenters. The van der Waals surface area contributed by atoms with E-state index in [0.717, 1.165) is 50.4 Å². The molecule has 6 nitrogen and oxygen atoms in total. The van der Waals surface area contributed by atoms with Crippen LogP contribution in [0, 0.1) is 15.5 Å². The first kappa shape index (κ1) is 18.2. The summed E-state index contributed by atoms with van der Waals surface area (Å²) in [6, 6.07) is 6.84. The van der Waals surface area contributed by atoms with Crippen molar-refractivity contribution in [2.24, 2.45) is 10.4 Å². The van der Waals surface area contributed by atoms with Crippen LogP contribution in [0.25, 0.3) is 0 Å². The summed E-state index contributed by atoms with van der Waals surface area (Å²) >= 11 is 0. The number of aliphatic imine (C=N–C) groups is 1. The second-order valence-corrected chi connectivity index (χ2v) is 7.19. The number of nitro benzene ring substituents is 1. The van der Waals surface area contributed by atoms with E-state index < -0.39 is 0 Å². The number of unbranched alkanes of at least 4 members (excludes halogenated alkanes) is 1. The highest BCUT2D eigenvalue weighted by molar-refractivity contribution is 5.80. The Hall–Kier alpha value is -2.11. The Bertz CT molecular complexity index is 581. The van der Waals surface area contributed by atoms with E-state index in [1.807, 2.05) is 19.2 Å². The van der Waals surface area contributed by atoms with Gasteiger partial charge in [-0.05, 0) is 36.7 Å². The van der Waals surface area contributed by atoms with Crippen LogP contribution in [-0.4, -0.2) is 42.5 Å². The Morgan fingerprint density at radius 2 is 2.04 bits per heavy atom. The number of rotatable bonds is 6. The summed E-state index contributed by atoms with van der Waals surface area (Å²) in [5.41, 5.74) is 1.66. The Labute approximate surface area is 144 Å². The standard InChI is InChI=1S/C18H28N4O2/c1-18(2)11-13-21(14-18)17(19-3)20-12-5-4-6-15-7-9-16(10-8-15)22(23)24/h7-10H,4-6,11-14H2,1-3H3,(H,19,20). The first-order valence-electron chi connectivity index (χ1n) is 8.60. The summed E-state index contributed by atoms with van der Waals surface area (Å²) in [5, 5.41) is 14.1. The van der Waals surface area contributed by atoms with Crippen LogP contribution >= 0.6 is 0 Å². The molecule has 1 saturated heterocycles. The van der Waals surface area contributed by atoms with Gasteiger partial charge in [-0.25, -0.2) is 0 Å². The largest absolute Gasteiger partial charge is 0.356 e. The predicted octanol–water partition coefficient (Wildman–Crippen LogP) is 3.22. The van der Waals surface area contributed by atoms with Crippen LogP contribution in [0.5, 0.6) is 0 Å². The zero-order valence-corrected chi connectivity index (χ0v) is 14.9. The number of likely N-dealkylation sites (tertiary alicyclic amines) is 1. The van der Waals surface area contributed by atoms with E-state index in [0.29, 0.717) is 5.41 Å². The normalized spacial score (nSPS) is 17.1. The molecule has 0 aliphatic carbocycles. The molecule has 0 unspecified atom stereocenters. The lowest BCUT2D eigenvalue weighted by Crippen LogP contribution is -2.41. The smallest absolute Gasteiger partial charge is 0.269 e. The lowest BCUT2D eigenvalue weighted by Gasteiger charge is -2.23. The molecule has 1 aromatic carbocycles. The lowest BCUT2D eigenvalue weighted by atomic mass is 9.93. The Morgan fingerprint density at radius 3 is 2.58 bits per heavy atom. The number of hydrogen-bond acceptors (Lipinski definition) is 3. The van der Waals surface area contributed by atoms with Crippen LogP contribution in [0.3, 0.4) is 0 Å². The van der Waals surface area contributed by atoms with Gasteiger partial charge in [0.2, 0.25) is 0 Å². The highest BCUT2D eigenvalue weighted by Crippen LogP contribution is 2.28. The van der Waals surface area contributed by atoms with Gasteiger partial charge in [-0.15, -0.1) is 0 Å². The number of benzene rings is 1. The molecule has 0 spiro atoms. The third kappa shape index (κ3) is 5.22. The molecule has 132 valence electrons. The monoisotopic (exact) mass is 332 g/mol. The molecule has 0 bridgehead atoms. The summed E-state index contributed by atoms with van der Waals surface area (Å²) < 4.78 is 0. The van der Waals surface area contributed by atoms with Gasteiger partial charge in [0.15, 0.2) is 5.96 Å². The summed E-state index contributed by atoms with van der Waals surface area (Å²) in [4.78, 5) is 17.0. The fraction of sp³-hybridized carbons (Fsp3) is 0.611. The second-order valence-electron chi connectivity index (χ2n) is 7.19. The third-order valence-electron chi connectivity index (χ3n) is 4.51. The van der Waals surface area contributed by atoms with Gasteiger partial charge in [0.05, 0.1) is 4.92 Å². The van der Waals surface area contributed by atoms with E-state index in [2.05, 4.69) is 29.1 Å². The maximum atomic E-state index is 10.6. The molecular weight excluding hydrogens is 304 g/mol. The van der Waals surface area contributed by atoms with Gasteiger partial charge in [-0.3, -0.25) is 15.1 Å². The van der Waals surface area contributed by atoms with E-state index in [4.69, 9.17) is 0 Å². The van der Waals surface area contributed by atoms with Gasteiger partial charge >= 0.3 is 0 Å². The van der Waals surface area contributed by atoms with E-state index in [9.17, 15) is 10.1 Å². The van der Waals surface area contributed by atoms with Crippen molar-refractivity contribution < 1.29 is 4.92 Å². The van der Waals surface area contributed by atoms with Crippen molar-refractivity contribution in [3.05, 3.63) is 39.9 Å². The Balaban J connectivity index is 1.68. The van der Waals surface area contributed by atoms with Crippen LogP contribution in [0.1, 0.15) is 38.7 Å². The van der Waals surface area contributed by atoms with Crippen LogP contribution < -0.4 is 5.32 Å². The van der Waals surface area contributed by atoms with Gasteiger partial charge < -0.3 is 10.2 Å². The van der Waals surface area contributed by atoms with Gasteiger partial charge in [0.1, 0.15) is 0 Å². The summed E-state index contributed by atoms with van der Waals surface area (Å²) in [6.45, 7) is 7.61. The topological polar surface area (TPSA) is 70.8 Å². The van der Waals surface area contributed by atoms with Gasteiger partial charge in [0.25, 0.3) is 5.69 Å². The molecule has 1 aliphatic heterocycles. The van der Waals surface area contributed by atoms with Crippen molar-refractivity contribution >= 4 is 11.6 Å². The Morgan fingerprint density at radius 1 is 1.33 bits per heavy atom. The Kier molecular flexibility index (Phi) is 6.17. The molecule has 24 heavy (non-hydrogen) atoms. The van der Waals surface area contributed by atoms with Crippen molar-refractivity contribution in [3.63, 3.8) is 0 Å². The average molecular weight is 332 g/mol. The van der Waals surface area contributed by atoms with Crippen molar-refractivity contribution in [1.82, 2.24) is 10.2 Å². The molecule has 0 amide bonds. The number of guanidine groups is 1. The first-order chi connectivity index (χ1) is 11.4. The first-order valence-corrected chi connectivity index (χ1v) is 8.60. The van der Waals surface area contributed by atoms with Gasteiger partial charge in [0, 0.05) is 38.8 Å². The molecule has 0 saturated carbocycles. The minimum atomic E-state index is -0.362. The quantitative estimate of drug-likeness (QED) is 0.285. The van der Waals surface area contributed by atoms with Crippen LogP contribution in [-0.2, 0) is 6.42 Å². The lowest BCUT2D eigenvalue weighted by molar-refractivity contribution is -0.384. The van der Waals surface area contributed by atoms with Gasteiger partial charge in [-0.1, -0.05) is 26.0 Å². The van der Waals surface area contributed by atoms with E-state index in [-0.39, 0.29) is 10.6 Å². The zero-order valence-electron chi connectivity index (χ0n) is 14.9. The zero-order chi connectivity index (χ0) is 17.6. The van der Waals surface area contributed by atoms with E-state index in [1.54, 1.807) is 12.1 Å². The minimum absolute atomic E-state index is 0.151. The molecule has 1 N–H and O–H groups in total. The SMILES string of the molecule is CN=C(NCCCCc1ccc([N+](=O)[O-])cc1)N1CCC(C)(C)C1. The molecule has 1 aliphatic rings. The summed E-state index contributed by atoms with van der Waals surface area (Å²) in [6.07, 6.45) is 4.24. The molecule has 0 radical (unpaired) electrons. The number of hydrogen-bond donors (Lipinski definition) is 1. The number of aryl methyl sites for hydroxylation is 1. The van der Waals surface area contributed by atoms with Crippen LogP contribution in [0.15, 0.2) is 29.3 Å². The highest BCUT2D eigenvalue weighted by atomic mass is 16.6. The molecule has 1 heterocycles. The van der Waals surface area contributed by atoms with Crippen molar-refractivity contribution in [3.8, 4) is 0 Å². The molecule has 6 heteroatoms. The number of nitrogens with one attached hydrogen (secondary N) is 1. The predicted molar refractivity (Wildman–Crippen MR) is 97.4 cm³/mol. The number of nitrogens with zero attached hydrogens (tertiary/aromatic N) is 3. The van der Waals surface area contributed by atoms with Crippen molar-refractivity contribution in [2.45, 2.75) is 39.5 Å². The van der Waals surface area contributed by atoms with Crippen LogP contribution in [0.4, 0.5) is 5.69 Å². The maximum absolute atomic E-state index is 10.6. The fourth-order valence-corrected chi connectivity index (χ4v) is 3.06. The van der Waals surface area contributed by atoms with E-state index in [1.165, 1.54) is 6.42 Å². The number of non-ortho nitro benzene ring substituents is 1. The molecule has 0 aromatic heterocycles.